The number of nitrogens with zero attached hydrogens (tertiary/aromatic N) is 5. The number of benzene rings is 1. The molecule has 0 spiro atoms. The Morgan fingerprint density at radius 1 is 1.14 bits per heavy atom. The summed E-state index contributed by atoms with van der Waals surface area (Å²) in [7, 11) is 0. The third-order valence-corrected chi connectivity index (χ3v) is 3.36. The van der Waals surface area contributed by atoms with Crippen LogP contribution in [0.2, 0.25) is 0 Å². The van der Waals surface area contributed by atoms with Crippen LogP contribution in [0.15, 0.2) is 24.3 Å². The number of H-pyrrole nitrogens is 1. The number of nitrogens with one attached hydrogen (secondary N) is 1. The van der Waals surface area contributed by atoms with Gasteiger partial charge in [-0.1, -0.05) is 0 Å². The van der Waals surface area contributed by atoms with Gasteiger partial charge in [0.05, 0.1) is 5.69 Å². The van der Waals surface area contributed by atoms with Gasteiger partial charge in [0.15, 0.2) is 5.65 Å². The molecule has 0 aliphatic heterocycles. The average molecular weight is 282 g/mol. The molecule has 7 heteroatoms. The lowest BCUT2D eigenvalue weighted by Crippen LogP contribution is -2.06. The summed E-state index contributed by atoms with van der Waals surface area (Å²) < 4.78 is 15.0. The third kappa shape index (κ3) is 1.78. The molecular formula is C14H11FN6. The maximum atomic E-state index is 13.3. The Morgan fingerprint density at radius 3 is 2.76 bits per heavy atom. The first-order chi connectivity index (χ1) is 10.1. The zero-order valence-electron chi connectivity index (χ0n) is 11.4. The summed E-state index contributed by atoms with van der Waals surface area (Å²) in [6.07, 6.45) is 0. The van der Waals surface area contributed by atoms with Crippen molar-refractivity contribution < 1.29 is 4.39 Å². The first kappa shape index (κ1) is 12.0. The molecule has 3 heterocycles. The average Bonchev–Trinajstić information content (AvgIpc) is 2.97. The SMILES string of the molecule is Cc1cc(C)n(-c2nnc3c(n2)[nH]c2ccc(F)cc23)n1. The summed E-state index contributed by atoms with van der Waals surface area (Å²) in [5.41, 5.74) is 3.70. The van der Waals surface area contributed by atoms with Crippen LogP contribution in [0, 0.1) is 19.7 Å². The van der Waals surface area contributed by atoms with Gasteiger partial charge < -0.3 is 4.98 Å². The van der Waals surface area contributed by atoms with Crippen molar-refractivity contribution in [2.24, 2.45) is 0 Å². The molecule has 6 nitrogen and oxygen atoms in total. The van der Waals surface area contributed by atoms with Gasteiger partial charge in [0, 0.05) is 16.6 Å². The van der Waals surface area contributed by atoms with E-state index in [9.17, 15) is 4.39 Å². The van der Waals surface area contributed by atoms with E-state index in [0.29, 0.717) is 22.5 Å². The molecular weight excluding hydrogens is 271 g/mol. The second-order valence-electron chi connectivity index (χ2n) is 4.96. The predicted molar refractivity (Wildman–Crippen MR) is 75.7 cm³/mol. The quantitative estimate of drug-likeness (QED) is 0.582. The number of aryl methyl sites for hydroxylation is 2. The second kappa shape index (κ2) is 4.08. The van der Waals surface area contributed by atoms with Crippen molar-refractivity contribution in [2.75, 3.05) is 0 Å². The molecule has 104 valence electrons. The Bertz CT molecular complexity index is 984. The Balaban J connectivity index is 1.98. The maximum absolute atomic E-state index is 13.3. The first-order valence-electron chi connectivity index (χ1n) is 6.47. The Labute approximate surface area is 118 Å². The zero-order valence-corrected chi connectivity index (χ0v) is 11.4. The smallest absolute Gasteiger partial charge is 0.272 e. The fourth-order valence-corrected chi connectivity index (χ4v) is 2.46. The highest BCUT2D eigenvalue weighted by molar-refractivity contribution is 6.03. The van der Waals surface area contributed by atoms with Crippen LogP contribution in [0.4, 0.5) is 4.39 Å². The van der Waals surface area contributed by atoms with Crippen molar-refractivity contribution in [3.8, 4) is 5.95 Å². The molecule has 0 amide bonds. The van der Waals surface area contributed by atoms with Gasteiger partial charge in [0.25, 0.3) is 5.95 Å². The predicted octanol–water partition coefficient (Wildman–Crippen LogP) is 2.45. The molecule has 0 bridgehead atoms. The molecule has 21 heavy (non-hydrogen) atoms. The van der Waals surface area contributed by atoms with E-state index in [1.54, 1.807) is 10.7 Å². The van der Waals surface area contributed by atoms with E-state index in [2.05, 4.69) is 25.3 Å². The molecule has 0 fully saturated rings. The maximum Gasteiger partial charge on any atom is 0.272 e. The number of aromatic amines is 1. The Morgan fingerprint density at radius 2 is 2.00 bits per heavy atom. The molecule has 0 aliphatic carbocycles. The van der Waals surface area contributed by atoms with Crippen LogP contribution in [0.5, 0.6) is 0 Å². The molecule has 0 atom stereocenters. The van der Waals surface area contributed by atoms with Crippen molar-refractivity contribution in [1.82, 2.24) is 29.9 Å². The molecule has 0 saturated heterocycles. The van der Waals surface area contributed by atoms with Gasteiger partial charge in [0.1, 0.15) is 11.3 Å². The van der Waals surface area contributed by atoms with E-state index >= 15 is 0 Å². The van der Waals surface area contributed by atoms with Gasteiger partial charge in [-0.25, -0.2) is 9.07 Å². The highest BCUT2D eigenvalue weighted by Crippen LogP contribution is 2.23. The van der Waals surface area contributed by atoms with Crippen LogP contribution >= 0.6 is 0 Å². The van der Waals surface area contributed by atoms with Crippen LogP contribution in [0.3, 0.4) is 0 Å². The summed E-state index contributed by atoms with van der Waals surface area (Å²) in [6.45, 7) is 3.83. The molecule has 0 unspecified atom stereocenters. The van der Waals surface area contributed by atoms with Crippen molar-refractivity contribution >= 4 is 22.1 Å². The number of rotatable bonds is 1. The van der Waals surface area contributed by atoms with Gasteiger partial charge in [-0.15, -0.1) is 10.2 Å². The summed E-state index contributed by atoms with van der Waals surface area (Å²) in [5.74, 6) is 0.0768. The summed E-state index contributed by atoms with van der Waals surface area (Å²) in [6, 6.07) is 6.42. The lowest BCUT2D eigenvalue weighted by atomic mass is 10.2. The minimum Gasteiger partial charge on any atom is -0.338 e. The van der Waals surface area contributed by atoms with Crippen LogP contribution in [0.1, 0.15) is 11.4 Å². The van der Waals surface area contributed by atoms with Crippen molar-refractivity contribution in [1.29, 1.82) is 0 Å². The highest BCUT2D eigenvalue weighted by Gasteiger charge is 2.12. The van der Waals surface area contributed by atoms with Crippen LogP contribution in [-0.2, 0) is 0 Å². The number of aromatic nitrogens is 6. The molecule has 1 N–H and O–H groups in total. The van der Waals surface area contributed by atoms with Gasteiger partial charge in [-0.05, 0) is 38.1 Å². The fourth-order valence-electron chi connectivity index (χ4n) is 2.46. The highest BCUT2D eigenvalue weighted by atomic mass is 19.1. The van der Waals surface area contributed by atoms with E-state index in [-0.39, 0.29) is 5.82 Å². The molecule has 3 aromatic heterocycles. The van der Waals surface area contributed by atoms with Gasteiger partial charge in [0.2, 0.25) is 0 Å². The van der Waals surface area contributed by atoms with E-state index < -0.39 is 0 Å². The first-order valence-corrected chi connectivity index (χ1v) is 6.47. The summed E-state index contributed by atoms with van der Waals surface area (Å²) >= 11 is 0. The normalized spacial score (nSPS) is 11.6. The monoisotopic (exact) mass is 282 g/mol. The molecule has 4 aromatic rings. The lowest BCUT2D eigenvalue weighted by Gasteiger charge is -2.00. The third-order valence-electron chi connectivity index (χ3n) is 3.36. The summed E-state index contributed by atoms with van der Waals surface area (Å²) in [4.78, 5) is 7.56. The molecule has 0 saturated carbocycles. The molecule has 0 radical (unpaired) electrons. The van der Waals surface area contributed by atoms with E-state index in [0.717, 1.165) is 16.9 Å². The lowest BCUT2D eigenvalue weighted by molar-refractivity contribution is 0.630. The molecule has 0 aliphatic rings. The van der Waals surface area contributed by atoms with Crippen molar-refractivity contribution in [2.45, 2.75) is 13.8 Å². The number of halogens is 1. The van der Waals surface area contributed by atoms with Gasteiger partial charge in [-0.3, -0.25) is 0 Å². The van der Waals surface area contributed by atoms with Crippen LogP contribution < -0.4 is 0 Å². The zero-order chi connectivity index (χ0) is 14.6. The topological polar surface area (TPSA) is 72.3 Å². The van der Waals surface area contributed by atoms with Gasteiger partial charge in [-0.2, -0.15) is 10.1 Å². The molecule has 1 aromatic carbocycles. The van der Waals surface area contributed by atoms with E-state index in [4.69, 9.17) is 0 Å². The number of fused-ring (bicyclic) bond motifs is 3. The fraction of sp³-hybridized carbons (Fsp3) is 0.143. The van der Waals surface area contributed by atoms with Gasteiger partial charge >= 0.3 is 0 Å². The number of hydrogen-bond acceptors (Lipinski definition) is 4. The van der Waals surface area contributed by atoms with Crippen LogP contribution in [0.25, 0.3) is 28.0 Å². The Hall–Kier alpha value is -2.83. The van der Waals surface area contributed by atoms with Crippen molar-refractivity contribution in [3.05, 3.63) is 41.5 Å². The standard InChI is InChI=1S/C14H11FN6/c1-7-5-8(2)21(20-7)14-17-13-12(18-19-14)10-6-9(15)3-4-11(10)16-13/h3-6H,1-2H3,(H,16,17,19). The minimum atomic E-state index is -0.312. The molecule has 4 rings (SSSR count). The number of hydrogen-bond donors (Lipinski definition) is 1. The Kier molecular flexibility index (Phi) is 2.32. The minimum absolute atomic E-state index is 0.312. The van der Waals surface area contributed by atoms with E-state index in [1.807, 2.05) is 19.9 Å². The summed E-state index contributed by atoms with van der Waals surface area (Å²) in [5, 5.41) is 13.3. The van der Waals surface area contributed by atoms with Crippen LogP contribution in [-0.4, -0.2) is 29.9 Å². The largest absolute Gasteiger partial charge is 0.338 e. The second-order valence-corrected chi connectivity index (χ2v) is 4.96. The van der Waals surface area contributed by atoms with E-state index in [1.165, 1.54) is 12.1 Å². The van der Waals surface area contributed by atoms with Crippen molar-refractivity contribution in [3.63, 3.8) is 0 Å².